The fraction of sp³-hybridized carbons (Fsp3) is 0.533. The van der Waals surface area contributed by atoms with E-state index in [1.54, 1.807) is 24.7 Å². The van der Waals surface area contributed by atoms with Crippen molar-refractivity contribution in [3.05, 3.63) is 33.3 Å². The van der Waals surface area contributed by atoms with E-state index >= 15 is 0 Å². The van der Waals surface area contributed by atoms with E-state index in [2.05, 4.69) is 31.4 Å². The number of halogens is 3. The van der Waals surface area contributed by atoms with Crippen molar-refractivity contribution in [2.45, 2.75) is 46.2 Å². The number of hydrogen-bond acceptors (Lipinski definition) is 3. The summed E-state index contributed by atoms with van der Waals surface area (Å²) in [6.45, 7) is 7.03. The number of rotatable bonds is 5. The maximum Gasteiger partial charge on any atom is 0.283 e. The molecule has 0 aliphatic heterocycles. The number of nitrogens with zero attached hydrogens (tertiary/aromatic N) is 4. The highest BCUT2D eigenvalue weighted by Crippen LogP contribution is 2.30. The van der Waals surface area contributed by atoms with Crippen molar-refractivity contribution < 1.29 is 13.6 Å². The second-order valence-electron chi connectivity index (χ2n) is 5.75. The molecule has 0 radical (unpaired) electrons. The summed E-state index contributed by atoms with van der Waals surface area (Å²) in [5.41, 5.74) is 1.99. The van der Waals surface area contributed by atoms with Crippen molar-refractivity contribution in [3.63, 3.8) is 0 Å². The van der Waals surface area contributed by atoms with Gasteiger partial charge in [-0.2, -0.15) is 10.2 Å². The Bertz CT molecular complexity index is 755. The number of hydrogen-bond donors (Lipinski definition) is 1. The summed E-state index contributed by atoms with van der Waals surface area (Å²) in [7, 11) is 1.83. The molecule has 0 saturated carbocycles. The molecule has 0 fully saturated rings. The van der Waals surface area contributed by atoms with Gasteiger partial charge >= 0.3 is 0 Å². The van der Waals surface area contributed by atoms with Crippen LogP contribution in [-0.2, 0) is 11.8 Å². The summed E-state index contributed by atoms with van der Waals surface area (Å²) in [5, 5.41) is 10.9. The van der Waals surface area contributed by atoms with Crippen molar-refractivity contribution in [2.75, 3.05) is 0 Å². The zero-order chi connectivity index (χ0) is 18.2. The molecule has 2 aromatic rings. The summed E-state index contributed by atoms with van der Waals surface area (Å²) in [6.07, 6.45) is -0.998. The van der Waals surface area contributed by atoms with Gasteiger partial charge in [-0.15, -0.1) is 0 Å². The van der Waals surface area contributed by atoms with Gasteiger partial charge in [0.2, 0.25) is 5.91 Å². The van der Waals surface area contributed by atoms with Crippen LogP contribution in [0.15, 0.2) is 10.7 Å². The molecule has 0 saturated heterocycles. The molecule has 0 aromatic carbocycles. The zero-order valence-corrected chi connectivity index (χ0v) is 15.7. The van der Waals surface area contributed by atoms with Crippen LogP contribution in [0.3, 0.4) is 0 Å². The van der Waals surface area contributed by atoms with Crippen LogP contribution in [0.1, 0.15) is 55.0 Å². The lowest BCUT2D eigenvalue weighted by Crippen LogP contribution is -2.34. The molecular formula is C15H20BrF2N5O. The highest BCUT2D eigenvalue weighted by Gasteiger charge is 2.26. The van der Waals surface area contributed by atoms with Crippen LogP contribution >= 0.6 is 15.9 Å². The first-order chi connectivity index (χ1) is 11.1. The number of carbonyl (C=O) groups excluding carboxylic acids is 1. The Morgan fingerprint density at radius 2 is 1.92 bits per heavy atom. The van der Waals surface area contributed by atoms with Gasteiger partial charge in [0.1, 0.15) is 11.7 Å². The van der Waals surface area contributed by atoms with E-state index < -0.39 is 12.5 Å². The molecule has 0 aliphatic carbocycles. The highest BCUT2D eigenvalue weighted by molar-refractivity contribution is 9.10. The Morgan fingerprint density at radius 3 is 2.38 bits per heavy atom. The fourth-order valence-electron chi connectivity index (χ4n) is 2.50. The third-order valence-corrected chi connectivity index (χ3v) is 5.13. The summed E-state index contributed by atoms with van der Waals surface area (Å²) in [6, 6.07) is -0.962. The molecule has 1 amide bonds. The standard InChI is InChI=1S/C15H20BrF2N5O/c1-7(11-6-19-22(5)8(11)2)20-15(24)10(4)23-9(3)12(16)13(21-23)14(17)18/h6-7,10,14H,1-5H3,(H,20,24)/t7-,10-/m0/s1. The minimum Gasteiger partial charge on any atom is -0.348 e. The molecule has 0 aliphatic rings. The Labute approximate surface area is 147 Å². The Balaban J connectivity index is 2.18. The summed E-state index contributed by atoms with van der Waals surface area (Å²) in [4.78, 5) is 12.5. The largest absolute Gasteiger partial charge is 0.348 e. The van der Waals surface area contributed by atoms with Gasteiger partial charge in [0, 0.05) is 18.3 Å². The average Bonchev–Trinajstić information content (AvgIpc) is 3.00. The van der Waals surface area contributed by atoms with Gasteiger partial charge in [-0.25, -0.2) is 8.78 Å². The van der Waals surface area contributed by atoms with Crippen LogP contribution in [0, 0.1) is 13.8 Å². The molecule has 0 unspecified atom stereocenters. The number of amides is 1. The molecule has 9 heteroatoms. The lowest BCUT2D eigenvalue weighted by molar-refractivity contribution is -0.124. The van der Waals surface area contributed by atoms with Crippen molar-refractivity contribution in [1.82, 2.24) is 24.9 Å². The van der Waals surface area contributed by atoms with E-state index in [4.69, 9.17) is 0 Å². The average molecular weight is 404 g/mol. The topological polar surface area (TPSA) is 64.7 Å². The third kappa shape index (κ3) is 3.35. The molecule has 2 aromatic heterocycles. The maximum absolute atomic E-state index is 12.9. The summed E-state index contributed by atoms with van der Waals surface area (Å²) >= 11 is 3.11. The van der Waals surface area contributed by atoms with E-state index in [1.165, 1.54) is 4.68 Å². The molecule has 6 nitrogen and oxygen atoms in total. The van der Waals surface area contributed by atoms with Gasteiger partial charge in [0.15, 0.2) is 0 Å². The predicted octanol–water partition coefficient (Wildman–Crippen LogP) is 3.37. The van der Waals surface area contributed by atoms with E-state index in [-0.39, 0.29) is 22.1 Å². The van der Waals surface area contributed by atoms with Crippen LogP contribution in [0.25, 0.3) is 0 Å². The molecule has 2 heterocycles. The Morgan fingerprint density at radius 1 is 1.29 bits per heavy atom. The number of nitrogens with one attached hydrogen (secondary N) is 1. The van der Waals surface area contributed by atoms with Crippen LogP contribution < -0.4 is 5.32 Å². The molecule has 2 atom stereocenters. The molecule has 132 valence electrons. The second-order valence-corrected chi connectivity index (χ2v) is 6.54. The van der Waals surface area contributed by atoms with Crippen molar-refractivity contribution in [1.29, 1.82) is 0 Å². The summed E-state index contributed by atoms with van der Waals surface area (Å²) < 4.78 is 29.2. The van der Waals surface area contributed by atoms with E-state index in [1.807, 2.05) is 20.9 Å². The number of alkyl halides is 2. The number of carbonyl (C=O) groups is 1. The molecule has 1 N–H and O–H groups in total. The molecule has 0 spiro atoms. The predicted molar refractivity (Wildman–Crippen MR) is 88.8 cm³/mol. The fourth-order valence-corrected chi connectivity index (χ4v) is 2.94. The van der Waals surface area contributed by atoms with Crippen molar-refractivity contribution >= 4 is 21.8 Å². The van der Waals surface area contributed by atoms with Gasteiger partial charge in [-0.3, -0.25) is 14.2 Å². The number of aromatic nitrogens is 4. The summed E-state index contributed by atoms with van der Waals surface area (Å²) in [5.74, 6) is -0.301. The quantitative estimate of drug-likeness (QED) is 0.831. The first-order valence-electron chi connectivity index (χ1n) is 7.46. The Kier molecular flexibility index (Phi) is 5.42. The zero-order valence-electron chi connectivity index (χ0n) is 14.1. The minimum atomic E-state index is -2.70. The van der Waals surface area contributed by atoms with Crippen LogP contribution in [0.2, 0.25) is 0 Å². The molecule has 2 rings (SSSR count). The third-order valence-electron chi connectivity index (χ3n) is 4.15. The van der Waals surface area contributed by atoms with E-state index in [0.29, 0.717) is 5.69 Å². The molecule has 0 bridgehead atoms. The number of aryl methyl sites for hydroxylation is 1. The molecule has 24 heavy (non-hydrogen) atoms. The minimum absolute atomic E-state index is 0.230. The smallest absolute Gasteiger partial charge is 0.283 e. The first kappa shape index (κ1) is 18.6. The highest BCUT2D eigenvalue weighted by atomic mass is 79.9. The maximum atomic E-state index is 12.9. The van der Waals surface area contributed by atoms with Gasteiger partial charge < -0.3 is 5.32 Å². The Hall–Kier alpha value is -1.77. The SMILES string of the molecule is Cc1c([C@H](C)NC(=O)[C@H](C)n2nc(C(F)F)c(Br)c2C)cnn1C. The van der Waals surface area contributed by atoms with E-state index in [9.17, 15) is 13.6 Å². The van der Waals surface area contributed by atoms with Gasteiger partial charge in [0.05, 0.1) is 22.4 Å². The monoisotopic (exact) mass is 403 g/mol. The lowest BCUT2D eigenvalue weighted by Gasteiger charge is -2.19. The van der Waals surface area contributed by atoms with Crippen LogP contribution in [0.4, 0.5) is 8.78 Å². The van der Waals surface area contributed by atoms with Crippen molar-refractivity contribution in [2.24, 2.45) is 7.05 Å². The van der Waals surface area contributed by atoms with Crippen LogP contribution in [-0.4, -0.2) is 25.5 Å². The van der Waals surface area contributed by atoms with Gasteiger partial charge in [-0.1, -0.05) is 0 Å². The van der Waals surface area contributed by atoms with Crippen LogP contribution in [0.5, 0.6) is 0 Å². The second kappa shape index (κ2) is 7.00. The normalized spacial score (nSPS) is 14.0. The van der Waals surface area contributed by atoms with Gasteiger partial charge in [-0.05, 0) is 43.6 Å². The van der Waals surface area contributed by atoms with E-state index in [0.717, 1.165) is 11.3 Å². The van der Waals surface area contributed by atoms with Crippen molar-refractivity contribution in [3.8, 4) is 0 Å². The molecular weight excluding hydrogens is 384 g/mol. The lowest BCUT2D eigenvalue weighted by atomic mass is 10.1. The first-order valence-corrected chi connectivity index (χ1v) is 8.26. The van der Waals surface area contributed by atoms with Gasteiger partial charge in [0.25, 0.3) is 6.43 Å².